The molecule has 2 heterocycles. The first kappa shape index (κ1) is 19.8. The van der Waals surface area contributed by atoms with Crippen molar-refractivity contribution in [3.8, 4) is 11.1 Å². The van der Waals surface area contributed by atoms with Crippen LogP contribution >= 0.6 is 18.9 Å². The number of hydrogen-bond donors (Lipinski definition) is 2. The minimum Gasteiger partial charge on any atom is -0.324 e. The Balaban J connectivity index is 2.17. The lowest BCUT2D eigenvalue weighted by atomic mass is 9.85. The highest BCUT2D eigenvalue weighted by Crippen LogP contribution is 2.60. The fraction of sp³-hybridized carbons (Fsp3) is 0.409. The maximum atomic E-state index is 12.5. The molecule has 148 valence electrons. The smallest absolute Gasteiger partial charge is 0.324 e. The van der Waals surface area contributed by atoms with Crippen molar-refractivity contribution in [3.63, 3.8) is 0 Å². The number of aromatic nitrogens is 1. The van der Waals surface area contributed by atoms with Gasteiger partial charge < -0.3 is 9.79 Å². The van der Waals surface area contributed by atoms with Crippen LogP contribution in [0.4, 0.5) is 0 Å². The summed E-state index contributed by atoms with van der Waals surface area (Å²) in [6, 6.07) is 8.25. The van der Waals surface area contributed by atoms with Gasteiger partial charge in [-0.2, -0.15) is 0 Å². The van der Waals surface area contributed by atoms with E-state index in [4.69, 9.17) is 4.98 Å². The molecule has 1 aliphatic rings. The minimum absolute atomic E-state index is 0.670. The number of aryl methyl sites for hydroxylation is 4. The van der Waals surface area contributed by atoms with Crippen molar-refractivity contribution < 1.29 is 14.4 Å². The quantitative estimate of drug-likeness (QED) is 0.525. The third kappa shape index (κ3) is 3.05. The van der Waals surface area contributed by atoms with E-state index >= 15 is 0 Å². The molecule has 0 spiro atoms. The van der Waals surface area contributed by atoms with Crippen molar-refractivity contribution in [3.05, 3.63) is 51.5 Å². The highest BCUT2D eigenvalue weighted by atomic mass is 32.1. The van der Waals surface area contributed by atoms with Crippen molar-refractivity contribution >= 4 is 29.1 Å². The van der Waals surface area contributed by atoms with Gasteiger partial charge in [0.1, 0.15) is 4.83 Å². The standard InChI is InChI=1S/C22H26NO3PS/c1-13-9-11-15(12-10-13)18-19-16-7-5-6-8-17(16)28-21(19)23-14(2)20(18)22(3,4)27(24,25)26/h9-12H,5-8H2,1-4H3,(H2,24,25,26). The monoisotopic (exact) mass is 415 g/mol. The summed E-state index contributed by atoms with van der Waals surface area (Å²) in [7, 11) is -4.40. The van der Waals surface area contributed by atoms with Crippen LogP contribution in [0.15, 0.2) is 24.3 Å². The van der Waals surface area contributed by atoms with E-state index in [1.165, 1.54) is 16.9 Å². The molecule has 2 aromatic heterocycles. The summed E-state index contributed by atoms with van der Waals surface area (Å²) in [6.45, 7) is 7.20. The molecule has 0 fully saturated rings. The van der Waals surface area contributed by atoms with E-state index in [2.05, 4.69) is 24.3 Å². The average molecular weight is 415 g/mol. The highest BCUT2D eigenvalue weighted by Gasteiger charge is 2.43. The zero-order valence-electron chi connectivity index (χ0n) is 16.7. The van der Waals surface area contributed by atoms with E-state index in [0.29, 0.717) is 11.3 Å². The molecule has 0 aliphatic heterocycles. The van der Waals surface area contributed by atoms with E-state index < -0.39 is 12.8 Å². The molecule has 3 aromatic rings. The summed E-state index contributed by atoms with van der Waals surface area (Å²) >= 11 is 1.75. The van der Waals surface area contributed by atoms with Crippen LogP contribution in [0.2, 0.25) is 0 Å². The summed E-state index contributed by atoms with van der Waals surface area (Å²) in [6.07, 6.45) is 4.42. The van der Waals surface area contributed by atoms with Gasteiger partial charge >= 0.3 is 7.60 Å². The van der Waals surface area contributed by atoms with Crippen LogP contribution in [-0.4, -0.2) is 14.8 Å². The first-order valence-corrected chi connectivity index (χ1v) is 12.1. The predicted octanol–water partition coefficient (Wildman–Crippen LogP) is 5.87. The second-order valence-corrected chi connectivity index (χ2v) is 11.6. The molecule has 4 nitrogen and oxygen atoms in total. The lowest BCUT2D eigenvalue weighted by Crippen LogP contribution is -2.21. The van der Waals surface area contributed by atoms with Crippen molar-refractivity contribution in [2.45, 2.75) is 58.5 Å². The van der Waals surface area contributed by atoms with Gasteiger partial charge in [-0.25, -0.2) is 4.98 Å². The Hall–Kier alpha value is -1.52. The number of rotatable bonds is 3. The molecule has 0 amide bonds. The molecule has 1 aliphatic carbocycles. The SMILES string of the molecule is Cc1ccc(-c2c(C(C)(C)P(=O)(O)O)c(C)nc3sc4c(c23)CCCC4)cc1. The Morgan fingerprint density at radius 3 is 2.36 bits per heavy atom. The van der Waals surface area contributed by atoms with Gasteiger partial charge in [-0.1, -0.05) is 29.8 Å². The summed E-state index contributed by atoms with van der Waals surface area (Å²) in [4.78, 5) is 27.6. The molecule has 0 radical (unpaired) electrons. The third-order valence-corrected chi connectivity index (χ3v) is 8.83. The van der Waals surface area contributed by atoms with Crippen molar-refractivity contribution in [2.24, 2.45) is 0 Å². The number of benzene rings is 1. The second kappa shape index (κ2) is 6.77. The van der Waals surface area contributed by atoms with Crippen LogP contribution in [0.1, 0.15) is 54.0 Å². The molecule has 0 unspecified atom stereocenters. The van der Waals surface area contributed by atoms with E-state index in [1.54, 1.807) is 25.2 Å². The van der Waals surface area contributed by atoms with Crippen LogP contribution in [0.25, 0.3) is 21.3 Å². The lowest BCUT2D eigenvalue weighted by Gasteiger charge is -2.30. The maximum Gasteiger partial charge on any atom is 0.335 e. The molecule has 0 bridgehead atoms. The van der Waals surface area contributed by atoms with Gasteiger partial charge in [0.05, 0.1) is 5.16 Å². The van der Waals surface area contributed by atoms with Crippen LogP contribution in [0.5, 0.6) is 0 Å². The first-order valence-electron chi connectivity index (χ1n) is 9.69. The predicted molar refractivity (Wildman–Crippen MR) is 116 cm³/mol. The van der Waals surface area contributed by atoms with Crippen LogP contribution < -0.4 is 0 Å². The average Bonchev–Trinajstić information content (AvgIpc) is 2.98. The fourth-order valence-corrected chi connectivity index (χ4v) is 6.19. The number of hydrogen-bond acceptors (Lipinski definition) is 3. The lowest BCUT2D eigenvalue weighted by molar-refractivity contribution is 0.337. The van der Waals surface area contributed by atoms with Crippen LogP contribution in [0.3, 0.4) is 0 Å². The van der Waals surface area contributed by atoms with Gasteiger partial charge in [0, 0.05) is 16.0 Å². The zero-order chi connectivity index (χ0) is 20.3. The van der Waals surface area contributed by atoms with Crippen molar-refractivity contribution in [2.75, 3.05) is 0 Å². The van der Waals surface area contributed by atoms with E-state index in [0.717, 1.165) is 46.2 Å². The Morgan fingerprint density at radius 1 is 1.07 bits per heavy atom. The Morgan fingerprint density at radius 2 is 1.71 bits per heavy atom. The van der Waals surface area contributed by atoms with Gasteiger partial charge in [-0.15, -0.1) is 11.3 Å². The molecule has 2 N–H and O–H groups in total. The molecule has 6 heteroatoms. The molecular weight excluding hydrogens is 389 g/mol. The Labute approximate surface area is 169 Å². The summed E-state index contributed by atoms with van der Waals surface area (Å²) in [5, 5.41) is -0.215. The highest BCUT2D eigenvalue weighted by molar-refractivity contribution is 7.53. The number of pyridine rings is 1. The summed E-state index contributed by atoms with van der Waals surface area (Å²) < 4.78 is 12.5. The van der Waals surface area contributed by atoms with Gasteiger partial charge in [-0.3, -0.25) is 4.57 Å². The number of nitrogens with zero attached hydrogens (tertiary/aromatic N) is 1. The second-order valence-electron chi connectivity index (χ2n) is 8.31. The van der Waals surface area contributed by atoms with Gasteiger partial charge in [0.15, 0.2) is 0 Å². The maximum absolute atomic E-state index is 12.5. The summed E-state index contributed by atoms with van der Waals surface area (Å²) in [5.74, 6) is 0. The van der Waals surface area contributed by atoms with Crippen molar-refractivity contribution in [1.82, 2.24) is 4.98 Å². The molecule has 0 atom stereocenters. The number of fused-ring (bicyclic) bond motifs is 3. The molecule has 0 saturated heterocycles. The topological polar surface area (TPSA) is 70.4 Å². The molecule has 28 heavy (non-hydrogen) atoms. The fourth-order valence-electron chi connectivity index (χ4n) is 4.31. The van der Waals surface area contributed by atoms with Gasteiger partial charge in [0.2, 0.25) is 0 Å². The van der Waals surface area contributed by atoms with Crippen LogP contribution in [0, 0.1) is 13.8 Å². The first-order chi connectivity index (χ1) is 13.1. The molecular formula is C22H26NO3PS. The van der Waals surface area contributed by atoms with E-state index in [9.17, 15) is 14.4 Å². The van der Waals surface area contributed by atoms with Gasteiger partial charge in [0.25, 0.3) is 0 Å². The molecule has 1 aromatic carbocycles. The molecule has 0 saturated carbocycles. The van der Waals surface area contributed by atoms with Crippen LogP contribution in [-0.2, 0) is 22.6 Å². The minimum atomic E-state index is -4.40. The normalized spacial score (nSPS) is 15.1. The largest absolute Gasteiger partial charge is 0.335 e. The Kier molecular flexibility index (Phi) is 4.79. The summed E-state index contributed by atoms with van der Waals surface area (Å²) in [5.41, 5.74) is 5.82. The number of thiophene rings is 1. The Bertz CT molecular complexity index is 1110. The molecule has 4 rings (SSSR count). The van der Waals surface area contributed by atoms with E-state index in [1.807, 2.05) is 13.8 Å². The van der Waals surface area contributed by atoms with Gasteiger partial charge in [-0.05, 0) is 75.6 Å². The third-order valence-electron chi connectivity index (χ3n) is 5.96. The zero-order valence-corrected chi connectivity index (χ0v) is 18.5. The van der Waals surface area contributed by atoms with Crippen molar-refractivity contribution in [1.29, 1.82) is 0 Å². The van der Waals surface area contributed by atoms with E-state index in [-0.39, 0.29) is 0 Å².